The first kappa shape index (κ1) is 17.9. The van der Waals surface area contributed by atoms with E-state index in [9.17, 15) is 8.42 Å². The fourth-order valence-electron chi connectivity index (χ4n) is 2.05. The van der Waals surface area contributed by atoms with Gasteiger partial charge in [0.1, 0.15) is 4.21 Å². The molecule has 116 valence electrons. The van der Waals surface area contributed by atoms with Crippen LogP contribution in [-0.2, 0) is 15.4 Å². The second kappa shape index (κ2) is 6.75. The van der Waals surface area contributed by atoms with E-state index >= 15 is 0 Å². The first-order chi connectivity index (χ1) is 8.82. The Labute approximate surface area is 132 Å². The third-order valence-corrected chi connectivity index (χ3v) is 7.09. The van der Waals surface area contributed by atoms with E-state index in [1.54, 1.807) is 10.4 Å². The molecule has 1 fully saturated rings. The molecule has 7 heteroatoms. The predicted octanol–water partition coefficient (Wildman–Crippen LogP) is 2.45. The summed E-state index contributed by atoms with van der Waals surface area (Å²) in [4.78, 5) is 1.11. The van der Waals surface area contributed by atoms with Gasteiger partial charge in [-0.3, -0.25) is 0 Å². The molecule has 0 spiro atoms. The topological polar surface area (TPSA) is 49.4 Å². The van der Waals surface area contributed by atoms with Crippen LogP contribution in [0, 0.1) is 0 Å². The Morgan fingerprint density at radius 2 is 1.90 bits per heavy atom. The summed E-state index contributed by atoms with van der Waals surface area (Å²) < 4.78 is 27.3. The van der Waals surface area contributed by atoms with Crippen molar-refractivity contribution in [2.24, 2.45) is 0 Å². The lowest BCUT2D eigenvalue weighted by Gasteiger charge is -2.19. The molecule has 1 aromatic heterocycles. The van der Waals surface area contributed by atoms with E-state index in [4.69, 9.17) is 0 Å². The fourth-order valence-corrected chi connectivity index (χ4v) is 5.05. The smallest absolute Gasteiger partial charge is 0.252 e. The van der Waals surface area contributed by atoms with Gasteiger partial charge in [-0.05, 0) is 30.5 Å². The Balaban J connectivity index is 0.00000200. The molecule has 2 heterocycles. The van der Waals surface area contributed by atoms with Crippen LogP contribution in [0.2, 0.25) is 0 Å². The number of hydrogen-bond acceptors (Lipinski definition) is 4. The molecule has 0 amide bonds. The molecule has 0 aliphatic carbocycles. The molecular formula is C13H23ClN2O2S2. The number of nitrogens with zero attached hydrogens (tertiary/aromatic N) is 1. The number of halogens is 1. The number of rotatable bonds is 2. The average Bonchev–Trinajstić information content (AvgIpc) is 2.66. The highest BCUT2D eigenvalue weighted by molar-refractivity contribution is 7.91. The van der Waals surface area contributed by atoms with Crippen LogP contribution in [-0.4, -0.2) is 38.9 Å². The zero-order chi connectivity index (χ0) is 14.1. The van der Waals surface area contributed by atoms with Crippen molar-refractivity contribution in [1.82, 2.24) is 9.62 Å². The Kier molecular flexibility index (Phi) is 6.04. The molecule has 2 rings (SSSR count). The van der Waals surface area contributed by atoms with Crippen LogP contribution in [0.5, 0.6) is 0 Å². The first-order valence-electron chi connectivity index (χ1n) is 6.63. The van der Waals surface area contributed by atoms with Crippen molar-refractivity contribution in [3.63, 3.8) is 0 Å². The molecule has 1 aliphatic rings. The van der Waals surface area contributed by atoms with Crippen LogP contribution in [0.25, 0.3) is 0 Å². The molecule has 0 atom stereocenters. The summed E-state index contributed by atoms with van der Waals surface area (Å²) in [6.45, 7) is 9.10. The highest BCUT2D eigenvalue weighted by Gasteiger charge is 2.28. The molecule has 0 bridgehead atoms. The van der Waals surface area contributed by atoms with Crippen LogP contribution in [0.3, 0.4) is 0 Å². The van der Waals surface area contributed by atoms with Crippen LogP contribution in [0.15, 0.2) is 16.3 Å². The first-order valence-corrected chi connectivity index (χ1v) is 8.89. The van der Waals surface area contributed by atoms with E-state index in [1.807, 2.05) is 6.07 Å². The van der Waals surface area contributed by atoms with E-state index < -0.39 is 10.0 Å². The summed E-state index contributed by atoms with van der Waals surface area (Å²) in [7, 11) is -3.31. The summed E-state index contributed by atoms with van der Waals surface area (Å²) in [5.41, 5.74) is -0.00121. The van der Waals surface area contributed by atoms with Crippen molar-refractivity contribution in [1.29, 1.82) is 0 Å². The SMILES string of the molecule is CC(C)(C)c1ccc(S(=O)(=O)N2CCCNCC2)s1.Cl. The van der Waals surface area contributed by atoms with Gasteiger partial charge in [-0.25, -0.2) is 8.42 Å². The van der Waals surface area contributed by atoms with Crippen molar-refractivity contribution in [2.45, 2.75) is 36.8 Å². The molecule has 1 aliphatic heterocycles. The van der Waals surface area contributed by atoms with Gasteiger partial charge < -0.3 is 5.32 Å². The number of sulfonamides is 1. The zero-order valence-corrected chi connectivity index (χ0v) is 14.6. The maximum Gasteiger partial charge on any atom is 0.252 e. The van der Waals surface area contributed by atoms with Crippen molar-refractivity contribution >= 4 is 33.8 Å². The molecule has 20 heavy (non-hydrogen) atoms. The maximum atomic E-state index is 12.6. The van der Waals surface area contributed by atoms with Gasteiger partial charge in [0.05, 0.1) is 0 Å². The minimum Gasteiger partial charge on any atom is -0.315 e. The monoisotopic (exact) mass is 338 g/mol. The average molecular weight is 339 g/mol. The van der Waals surface area contributed by atoms with Crippen LogP contribution >= 0.6 is 23.7 Å². The van der Waals surface area contributed by atoms with E-state index in [1.165, 1.54) is 11.3 Å². The van der Waals surface area contributed by atoms with Crippen LogP contribution in [0.4, 0.5) is 0 Å². The van der Waals surface area contributed by atoms with Crippen molar-refractivity contribution in [2.75, 3.05) is 26.2 Å². The van der Waals surface area contributed by atoms with Crippen molar-refractivity contribution in [3.05, 3.63) is 17.0 Å². The minimum atomic E-state index is -3.31. The molecular weight excluding hydrogens is 316 g/mol. The minimum absolute atomic E-state index is 0. The van der Waals surface area contributed by atoms with Gasteiger partial charge >= 0.3 is 0 Å². The van der Waals surface area contributed by atoms with E-state index in [2.05, 4.69) is 26.1 Å². The van der Waals surface area contributed by atoms with Gasteiger partial charge in [-0.15, -0.1) is 23.7 Å². The lowest BCUT2D eigenvalue weighted by molar-refractivity contribution is 0.433. The Morgan fingerprint density at radius 3 is 2.50 bits per heavy atom. The number of thiophene rings is 1. The van der Waals surface area contributed by atoms with E-state index in [0.29, 0.717) is 17.3 Å². The summed E-state index contributed by atoms with van der Waals surface area (Å²) in [6.07, 6.45) is 0.872. The van der Waals surface area contributed by atoms with E-state index in [-0.39, 0.29) is 17.8 Å². The standard InChI is InChI=1S/C13H22N2O2S2.ClH/c1-13(2,3)11-5-6-12(18-11)19(16,17)15-9-4-7-14-8-10-15;/h5-6,14H,4,7-10H2,1-3H3;1H. The largest absolute Gasteiger partial charge is 0.315 e. The van der Waals surface area contributed by atoms with Gasteiger partial charge in [-0.1, -0.05) is 20.8 Å². The Morgan fingerprint density at radius 1 is 1.20 bits per heavy atom. The van der Waals surface area contributed by atoms with Gasteiger partial charge in [-0.2, -0.15) is 4.31 Å². The molecule has 0 unspecified atom stereocenters. The van der Waals surface area contributed by atoms with Crippen molar-refractivity contribution < 1.29 is 8.42 Å². The number of nitrogens with one attached hydrogen (secondary N) is 1. The quantitative estimate of drug-likeness (QED) is 0.901. The Hall–Kier alpha value is -0.140. The molecule has 1 aromatic rings. The number of hydrogen-bond donors (Lipinski definition) is 1. The van der Waals surface area contributed by atoms with Gasteiger partial charge in [0.25, 0.3) is 10.0 Å². The lowest BCUT2D eigenvalue weighted by atomic mass is 9.95. The molecule has 1 saturated heterocycles. The normalized spacial score (nSPS) is 18.4. The highest BCUT2D eigenvalue weighted by atomic mass is 35.5. The zero-order valence-electron chi connectivity index (χ0n) is 12.2. The molecule has 4 nitrogen and oxygen atoms in total. The predicted molar refractivity (Wildman–Crippen MR) is 86.5 cm³/mol. The lowest BCUT2D eigenvalue weighted by Crippen LogP contribution is -2.33. The second-order valence-corrected chi connectivity index (χ2v) is 9.12. The summed E-state index contributed by atoms with van der Waals surface area (Å²) in [5.74, 6) is 0. The summed E-state index contributed by atoms with van der Waals surface area (Å²) in [5, 5.41) is 3.23. The third-order valence-electron chi connectivity index (χ3n) is 3.21. The van der Waals surface area contributed by atoms with E-state index in [0.717, 1.165) is 24.4 Å². The molecule has 0 radical (unpaired) electrons. The maximum absolute atomic E-state index is 12.6. The van der Waals surface area contributed by atoms with Gasteiger partial charge in [0.2, 0.25) is 0 Å². The van der Waals surface area contributed by atoms with Crippen LogP contribution in [0.1, 0.15) is 32.1 Å². The fraction of sp³-hybridized carbons (Fsp3) is 0.692. The van der Waals surface area contributed by atoms with Gasteiger partial charge in [0, 0.05) is 24.5 Å². The van der Waals surface area contributed by atoms with Crippen molar-refractivity contribution in [3.8, 4) is 0 Å². The Bertz CT molecular complexity index is 527. The summed E-state index contributed by atoms with van der Waals surface area (Å²) >= 11 is 1.40. The second-order valence-electron chi connectivity index (χ2n) is 5.88. The molecule has 0 aromatic carbocycles. The molecule has 1 N–H and O–H groups in total. The molecule has 0 saturated carbocycles. The van der Waals surface area contributed by atoms with Gasteiger partial charge in [0.15, 0.2) is 0 Å². The van der Waals surface area contributed by atoms with Crippen LogP contribution < -0.4 is 5.32 Å². The summed E-state index contributed by atoms with van der Waals surface area (Å²) in [6, 6.07) is 3.69. The third kappa shape index (κ3) is 3.95. The highest BCUT2D eigenvalue weighted by Crippen LogP contribution is 2.33.